The van der Waals surface area contributed by atoms with E-state index in [4.69, 9.17) is 17.8 Å². The first-order valence-corrected chi connectivity index (χ1v) is 6.96. The van der Waals surface area contributed by atoms with E-state index < -0.39 is 34.0 Å². The average molecular weight is 266 g/mol. The maximum absolute atomic E-state index is 11.4. The second-order valence-corrected chi connectivity index (χ2v) is 6.22. The molecule has 0 aromatic heterocycles. The molecule has 3 atom stereocenters. The van der Waals surface area contributed by atoms with Crippen LogP contribution >= 0.6 is 0 Å². The summed E-state index contributed by atoms with van der Waals surface area (Å²) in [5.74, 6) is -0.713. The number of hydrogen-bond donors (Lipinski definition) is 0. The predicted molar refractivity (Wildman–Crippen MR) is 58.5 cm³/mol. The van der Waals surface area contributed by atoms with Crippen molar-refractivity contribution in [2.24, 2.45) is 0 Å². The minimum atomic E-state index is -3.93. The summed E-state index contributed by atoms with van der Waals surface area (Å²) in [7, 11) is -3.93. The fourth-order valence-electron chi connectivity index (χ4n) is 2.11. The normalized spacial score (nSPS) is 44.0. The molecular weight excluding hydrogens is 248 g/mol. The summed E-state index contributed by atoms with van der Waals surface area (Å²) in [6.45, 7) is 7.41. The summed E-state index contributed by atoms with van der Waals surface area (Å²) in [5, 5.41) is 0. The maximum Gasteiger partial charge on any atom is 0.400 e. The van der Waals surface area contributed by atoms with Gasteiger partial charge in [-0.3, -0.25) is 0 Å². The van der Waals surface area contributed by atoms with Crippen LogP contribution in [0.2, 0.25) is 0 Å². The lowest BCUT2D eigenvalue weighted by Crippen LogP contribution is -2.45. The molecule has 0 aromatic carbocycles. The van der Waals surface area contributed by atoms with Gasteiger partial charge in [0.05, 0.1) is 6.61 Å². The van der Waals surface area contributed by atoms with Crippen molar-refractivity contribution in [3.05, 3.63) is 0 Å². The van der Waals surface area contributed by atoms with E-state index >= 15 is 0 Å². The van der Waals surface area contributed by atoms with E-state index in [9.17, 15) is 8.42 Å². The molecule has 2 aliphatic rings. The molecule has 17 heavy (non-hydrogen) atoms. The van der Waals surface area contributed by atoms with Crippen LogP contribution in [-0.2, 0) is 28.2 Å². The predicted octanol–water partition coefficient (Wildman–Crippen LogP) is 0.967. The molecule has 0 N–H and O–H groups in total. The molecule has 0 aromatic rings. The Hall–Kier alpha value is -0.210. The van der Waals surface area contributed by atoms with Gasteiger partial charge in [-0.2, -0.15) is 8.42 Å². The Balaban J connectivity index is 2.21. The first kappa shape index (κ1) is 13.2. The third-order valence-corrected chi connectivity index (χ3v) is 4.21. The van der Waals surface area contributed by atoms with Crippen LogP contribution in [0.4, 0.5) is 0 Å². The van der Waals surface area contributed by atoms with E-state index in [1.165, 1.54) is 0 Å². The number of hydrogen-bond acceptors (Lipinski definition) is 6. The quantitative estimate of drug-likeness (QED) is 0.741. The highest BCUT2D eigenvalue weighted by atomic mass is 32.3. The van der Waals surface area contributed by atoms with Gasteiger partial charge >= 0.3 is 10.4 Å². The summed E-state index contributed by atoms with van der Waals surface area (Å²) in [6.07, 6.45) is -0.594. The maximum atomic E-state index is 11.4. The Kier molecular flexibility index (Phi) is 3.03. The molecule has 0 bridgehead atoms. The van der Waals surface area contributed by atoms with Gasteiger partial charge in [-0.1, -0.05) is 6.92 Å². The Labute approximate surface area is 102 Å². The van der Waals surface area contributed by atoms with Crippen molar-refractivity contribution in [3.63, 3.8) is 0 Å². The average Bonchev–Trinajstić information content (AvgIpc) is 2.64. The highest BCUT2D eigenvalue weighted by Crippen LogP contribution is 2.39. The molecule has 2 fully saturated rings. The van der Waals surface area contributed by atoms with Crippen molar-refractivity contribution in [2.45, 2.75) is 57.7 Å². The first-order valence-electron chi connectivity index (χ1n) is 5.63. The molecule has 100 valence electrons. The first-order chi connectivity index (χ1) is 7.68. The lowest BCUT2D eigenvalue weighted by atomic mass is 9.92. The fraction of sp³-hybridized carbons (Fsp3) is 1.00. The van der Waals surface area contributed by atoms with Gasteiger partial charge in [-0.05, 0) is 27.2 Å². The molecule has 2 heterocycles. The Morgan fingerprint density at radius 3 is 2.41 bits per heavy atom. The molecule has 0 radical (unpaired) electrons. The summed E-state index contributed by atoms with van der Waals surface area (Å²) < 4.78 is 43.8. The monoisotopic (exact) mass is 266 g/mol. The molecule has 2 aliphatic heterocycles. The third-order valence-electron chi connectivity index (χ3n) is 3.19. The molecule has 0 amide bonds. The molecule has 0 aliphatic carbocycles. The van der Waals surface area contributed by atoms with E-state index in [1.54, 1.807) is 20.8 Å². The van der Waals surface area contributed by atoms with Gasteiger partial charge in [0.25, 0.3) is 0 Å². The fourth-order valence-corrected chi connectivity index (χ4v) is 3.41. The van der Waals surface area contributed by atoms with E-state index in [1.807, 2.05) is 6.92 Å². The van der Waals surface area contributed by atoms with Crippen molar-refractivity contribution in [1.29, 1.82) is 0 Å². The highest BCUT2D eigenvalue weighted by molar-refractivity contribution is 7.82. The zero-order valence-corrected chi connectivity index (χ0v) is 11.2. The van der Waals surface area contributed by atoms with Gasteiger partial charge in [0.2, 0.25) is 0 Å². The molecule has 7 heteroatoms. The topological polar surface area (TPSA) is 71.1 Å². The van der Waals surface area contributed by atoms with Crippen LogP contribution in [0.1, 0.15) is 34.1 Å². The number of rotatable bonds is 2. The van der Waals surface area contributed by atoms with Crippen molar-refractivity contribution in [1.82, 2.24) is 0 Å². The standard InChI is InChI=1S/C10H18O6S/c1-5-10(4)8(15-17(11,12)16-10)7-6-13-9(2,3)14-7/h7-8H,5-6H2,1-4H3. The Bertz CT molecular complexity index is 403. The van der Waals surface area contributed by atoms with Crippen molar-refractivity contribution >= 4 is 10.4 Å². The van der Waals surface area contributed by atoms with Crippen LogP contribution in [0.3, 0.4) is 0 Å². The van der Waals surface area contributed by atoms with E-state index in [0.717, 1.165) is 0 Å². The van der Waals surface area contributed by atoms with E-state index in [0.29, 0.717) is 13.0 Å². The lowest BCUT2D eigenvalue weighted by molar-refractivity contribution is -0.155. The van der Waals surface area contributed by atoms with Gasteiger partial charge in [0.1, 0.15) is 17.8 Å². The molecule has 2 saturated heterocycles. The third kappa shape index (κ3) is 2.48. The highest BCUT2D eigenvalue weighted by Gasteiger charge is 2.55. The second kappa shape index (κ2) is 3.89. The zero-order valence-electron chi connectivity index (χ0n) is 10.4. The molecule has 0 saturated carbocycles. The van der Waals surface area contributed by atoms with E-state index in [-0.39, 0.29) is 0 Å². The summed E-state index contributed by atoms with van der Waals surface area (Å²) in [4.78, 5) is 0. The number of ether oxygens (including phenoxy) is 2. The van der Waals surface area contributed by atoms with Gasteiger partial charge in [-0.25, -0.2) is 8.37 Å². The Morgan fingerprint density at radius 2 is 1.94 bits per heavy atom. The minimum absolute atomic E-state index is 0.298. The molecule has 3 unspecified atom stereocenters. The Morgan fingerprint density at radius 1 is 1.29 bits per heavy atom. The smallest absolute Gasteiger partial charge is 0.348 e. The SMILES string of the molecule is CCC1(C)OS(=O)(=O)OC1C1COC(C)(C)O1. The molecular formula is C10H18O6S. The van der Waals surface area contributed by atoms with Crippen LogP contribution < -0.4 is 0 Å². The van der Waals surface area contributed by atoms with Gasteiger partial charge in [0.15, 0.2) is 5.79 Å². The van der Waals surface area contributed by atoms with Crippen LogP contribution in [0.5, 0.6) is 0 Å². The van der Waals surface area contributed by atoms with Gasteiger partial charge in [0, 0.05) is 0 Å². The summed E-state index contributed by atoms with van der Waals surface area (Å²) in [5.41, 5.74) is -0.896. The van der Waals surface area contributed by atoms with Gasteiger partial charge < -0.3 is 9.47 Å². The van der Waals surface area contributed by atoms with Crippen LogP contribution in [0.25, 0.3) is 0 Å². The van der Waals surface area contributed by atoms with Crippen LogP contribution in [0, 0.1) is 0 Å². The second-order valence-electron chi connectivity index (χ2n) is 5.04. The van der Waals surface area contributed by atoms with Crippen molar-refractivity contribution < 1.29 is 26.3 Å². The van der Waals surface area contributed by atoms with E-state index in [2.05, 4.69) is 0 Å². The molecule has 2 rings (SSSR count). The van der Waals surface area contributed by atoms with Crippen molar-refractivity contribution in [2.75, 3.05) is 6.61 Å². The summed E-state index contributed by atoms with van der Waals surface area (Å²) >= 11 is 0. The van der Waals surface area contributed by atoms with Crippen LogP contribution in [-0.4, -0.2) is 38.6 Å². The minimum Gasteiger partial charge on any atom is -0.348 e. The largest absolute Gasteiger partial charge is 0.400 e. The molecule has 0 spiro atoms. The zero-order chi connectivity index (χ0) is 12.9. The molecule has 6 nitrogen and oxygen atoms in total. The van der Waals surface area contributed by atoms with Crippen molar-refractivity contribution in [3.8, 4) is 0 Å². The van der Waals surface area contributed by atoms with Crippen LogP contribution in [0.15, 0.2) is 0 Å². The lowest BCUT2D eigenvalue weighted by Gasteiger charge is -2.28. The summed E-state index contributed by atoms with van der Waals surface area (Å²) in [6, 6.07) is 0. The van der Waals surface area contributed by atoms with Gasteiger partial charge in [-0.15, -0.1) is 0 Å².